The Morgan fingerprint density at radius 3 is 2.83 bits per heavy atom. The predicted molar refractivity (Wildman–Crippen MR) is 113 cm³/mol. The molecule has 1 aliphatic carbocycles. The second-order valence-corrected chi connectivity index (χ2v) is 9.20. The van der Waals surface area contributed by atoms with Crippen LogP contribution in [-0.4, -0.2) is 47.2 Å². The Labute approximate surface area is 179 Å². The number of anilines is 1. The maximum atomic E-state index is 13.6. The quantitative estimate of drug-likeness (QED) is 0.743. The Bertz CT molecular complexity index is 971. The first-order chi connectivity index (χ1) is 14.2. The van der Waals surface area contributed by atoms with E-state index in [0.717, 1.165) is 12.8 Å². The Kier molecular flexibility index (Phi) is 5.62. The number of rotatable bonds is 4. The molecule has 2 atom stereocenters. The van der Waals surface area contributed by atoms with Crippen LogP contribution in [-0.2, 0) is 0 Å². The van der Waals surface area contributed by atoms with E-state index in [1.54, 1.807) is 29.2 Å². The first-order valence-corrected chi connectivity index (χ1v) is 10.8. The SMILES string of the molecule is C[C@H]1CCC[C@@](O)(CNC(=O)c2c(Cl)ccc3nc(N4CCC(F)(F)C4)ccc23)C1. The zero-order valence-electron chi connectivity index (χ0n) is 16.9. The van der Waals surface area contributed by atoms with E-state index in [2.05, 4.69) is 17.2 Å². The molecule has 4 rings (SSSR count). The average Bonchev–Trinajstić information content (AvgIpc) is 3.05. The number of hydrogen-bond donors (Lipinski definition) is 2. The van der Waals surface area contributed by atoms with Crippen LogP contribution in [0.1, 0.15) is 49.4 Å². The molecule has 1 saturated heterocycles. The van der Waals surface area contributed by atoms with Crippen LogP contribution in [0.3, 0.4) is 0 Å². The van der Waals surface area contributed by atoms with Gasteiger partial charge in [0.15, 0.2) is 0 Å². The number of amides is 1. The van der Waals surface area contributed by atoms with Gasteiger partial charge in [0.05, 0.1) is 28.2 Å². The van der Waals surface area contributed by atoms with Crippen LogP contribution < -0.4 is 10.2 Å². The Hall–Kier alpha value is -1.99. The molecule has 2 aromatic rings. The van der Waals surface area contributed by atoms with E-state index < -0.39 is 11.5 Å². The number of benzene rings is 1. The second kappa shape index (κ2) is 7.93. The van der Waals surface area contributed by atoms with E-state index in [0.29, 0.717) is 35.5 Å². The fourth-order valence-electron chi connectivity index (χ4n) is 4.63. The van der Waals surface area contributed by atoms with Gasteiger partial charge in [-0.1, -0.05) is 31.4 Å². The summed E-state index contributed by atoms with van der Waals surface area (Å²) in [7, 11) is 0. The van der Waals surface area contributed by atoms with Crippen molar-refractivity contribution in [3.63, 3.8) is 0 Å². The lowest BCUT2D eigenvalue weighted by atomic mass is 9.79. The molecule has 5 nitrogen and oxygen atoms in total. The molecule has 1 aromatic carbocycles. The van der Waals surface area contributed by atoms with Gasteiger partial charge in [-0.15, -0.1) is 0 Å². The van der Waals surface area contributed by atoms with Gasteiger partial charge < -0.3 is 15.3 Å². The normalized spacial score (nSPS) is 26.2. The largest absolute Gasteiger partial charge is 0.388 e. The lowest BCUT2D eigenvalue weighted by Gasteiger charge is -2.35. The highest BCUT2D eigenvalue weighted by molar-refractivity contribution is 6.35. The number of aliphatic hydroxyl groups is 1. The maximum Gasteiger partial charge on any atom is 0.266 e. The summed E-state index contributed by atoms with van der Waals surface area (Å²) in [6.45, 7) is 2.15. The van der Waals surface area contributed by atoms with Crippen molar-refractivity contribution in [3.8, 4) is 0 Å². The molecule has 0 radical (unpaired) electrons. The van der Waals surface area contributed by atoms with E-state index in [4.69, 9.17) is 11.6 Å². The minimum atomic E-state index is -2.71. The van der Waals surface area contributed by atoms with Gasteiger partial charge in [0.25, 0.3) is 11.8 Å². The van der Waals surface area contributed by atoms with Crippen molar-refractivity contribution in [2.24, 2.45) is 5.92 Å². The van der Waals surface area contributed by atoms with E-state index >= 15 is 0 Å². The van der Waals surface area contributed by atoms with E-state index in [1.165, 1.54) is 0 Å². The number of hydrogen-bond acceptors (Lipinski definition) is 4. The average molecular weight is 438 g/mol. The minimum Gasteiger partial charge on any atom is -0.388 e. The number of fused-ring (bicyclic) bond motifs is 1. The zero-order chi connectivity index (χ0) is 21.5. The monoisotopic (exact) mass is 437 g/mol. The van der Waals surface area contributed by atoms with Gasteiger partial charge in [-0.3, -0.25) is 4.79 Å². The zero-order valence-corrected chi connectivity index (χ0v) is 17.7. The van der Waals surface area contributed by atoms with E-state index in [9.17, 15) is 18.7 Å². The van der Waals surface area contributed by atoms with Crippen LogP contribution >= 0.6 is 11.6 Å². The number of aromatic nitrogens is 1. The molecule has 2 aliphatic rings. The first kappa shape index (κ1) is 21.2. The fraction of sp³-hybridized carbons (Fsp3) is 0.545. The summed E-state index contributed by atoms with van der Waals surface area (Å²) in [5, 5.41) is 14.5. The van der Waals surface area contributed by atoms with Crippen LogP contribution in [0.2, 0.25) is 5.02 Å². The lowest BCUT2D eigenvalue weighted by Crippen LogP contribution is -2.45. The van der Waals surface area contributed by atoms with Crippen molar-refractivity contribution < 1.29 is 18.7 Å². The molecular formula is C22H26ClF2N3O2. The minimum absolute atomic E-state index is 0.164. The van der Waals surface area contributed by atoms with Gasteiger partial charge in [0, 0.05) is 24.9 Å². The number of alkyl halides is 2. The summed E-state index contributed by atoms with van der Waals surface area (Å²) in [6, 6.07) is 6.62. The molecular weight excluding hydrogens is 412 g/mol. The highest BCUT2D eigenvalue weighted by atomic mass is 35.5. The van der Waals surface area contributed by atoms with Gasteiger partial charge in [-0.05, 0) is 43.0 Å². The molecule has 30 heavy (non-hydrogen) atoms. The van der Waals surface area contributed by atoms with Gasteiger partial charge in [0.1, 0.15) is 5.82 Å². The number of nitrogens with zero attached hydrogens (tertiary/aromatic N) is 2. The van der Waals surface area contributed by atoms with E-state index in [1.807, 2.05) is 0 Å². The van der Waals surface area contributed by atoms with Gasteiger partial charge in [0.2, 0.25) is 0 Å². The molecule has 0 spiro atoms. The van der Waals surface area contributed by atoms with Crippen molar-refractivity contribution in [3.05, 3.63) is 34.9 Å². The van der Waals surface area contributed by atoms with Gasteiger partial charge in [-0.2, -0.15) is 0 Å². The van der Waals surface area contributed by atoms with Crippen LogP contribution in [0.5, 0.6) is 0 Å². The topological polar surface area (TPSA) is 65.5 Å². The molecule has 1 saturated carbocycles. The molecule has 2 heterocycles. The Morgan fingerprint density at radius 2 is 2.13 bits per heavy atom. The van der Waals surface area contributed by atoms with Crippen molar-refractivity contribution in [2.75, 3.05) is 24.5 Å². The van der Waals surface area contributed by atoms with Crippen LogP contribution in [0.25, 0.3) is 10.9 Å². The van der Waals surface area contributed by atoms with Crippen LogP contribution in [0.15, 0.2) is 24.3 Å². The van der Waals surface area contributed by atoms with Crippen molar-refractivity contribution >= 4 is 34.2 Å². The number of nitrogens with one attached hydrogen (secondary N) is 1. The molecule has 0 bridgehead atoms. The standard InChI is InChI=1S/C22H26ClF2N3O2/c1-14-3-2-8-21(30,11-14)12-26-20(29)19-15-4-7-18(27-17(15)6-5-16(19)23)28-10-9-22(24,25)13-28/h4-7,14,30H,2-3,8-13H2,1H3,(H,26,29)/t14-,21-/m0/s1. The molecule has 8 heteroatoms. The highest BCUT2D eigenvalue weighted by Gasteiger charge is 2.39. The Balaban J connectivity index is 1.56. The number of carbonyl (C=O) groups excluding carboxylic acids is 1. The molecule has 0 unspecified atom stereocenters. The van der Waals surface area contributed by atoms with E-state index in [-0.39, 0.29) is 42.5 Å². The molecule has 2 N–H and O–H groups in total. The molecule has 162 valence electrons. The lowest BCUT2D eigenvalue weighted by molar-refractivity contribution is -0.0109. The van der Waals surface area contributed by atoms with Crippen molar-refractivity contribution in [1.82, 2.24) is 10.3 Å². The van der Waals surface area contributed by atoms with Gasteiger partial charge >= 0.3 is 0 Å². The van der Waals surface area contributed by atoms with Gasteiger partial charge in [-0.25, -0.2) is 13.8 Å². The maximum absolute atomic E-state index is 13.6. The molecule has 1 aromatic heterocycles. The van der Waals surface area contributed by atoms with Crippen molar-refractivity contribution in [1.29, 1.82) is 0 Å². The number of halogens is 3. The highest BCUT2D eigenvalue weighted by Crippen LogP contribution is 2.34. The summed E-state index contributed by atoms with van der Waals surface area (Å²) >= 11 is 6.32. The first-order valence-electron chi connectivity index (χ1n) is 10.4. The third kappa shape index (κ3) is 4.37. The molecule has 2 fully saturated rings. The van der Waals surface area contributed by atoms with Crippen LogP contribution in [0.4, 0.5) is 14.6 Å². The Morgan fingerprint density at radius 1 is 1.33 bits per heavy atom. The smallest absolute Gasteiger partial charge is 0.266 e. The fourth-order valence-corrected chi connectivity index (χ4v) is 4.88. The molecule has 1 aliphatic heterocycles. The third-order valence-corrected chi connectivity index (χ3v) is 6.49. The molecule has 1 amide bonds. The predicted octanol–water partition coefficient (Wildman–Crippen LogP) is 4.40. The summed E-state index contributed by atoms with van der Waals surface area (Å²) in [5.74, 6) is -2.21. The summed E-state index contributed by atoms with van der Waals surface area (Å²) in [5.41, 5.74) is -0.105. The third-order valence-electron chi connectivity index (χ3n) is 6.17. The summed E-state index contributed by atoms with van der Waals surface area (Å²) < 4.78 is 27.1. The number of pyridine rings is 1. The van der Waals surface area contributed by atoms with Crippen molar-refractivity contribution in [2.45, 2.75) is 50.6 Å². The second-order valence-electron chi connectivity index (χ2n) is 8.79. The summed E-state index contributed by atoms with van der Waals surface area (Å²) in [6.07, 6.45) is 3.14. The summed E-state index contributed by atoms with van der Waals surface area (Å²) in [4.78, 5) is 19.0. The van der Waals surface area contributed by atoms with Crippen LogP contribution in [0, 0.1) is 5.92 Å². The number of carbonyl (C=O) groups is 1.